The molecule has 0 unspecified atom stereocenters. The molecule has 0 saturated heterocycles. The number of pyridine rings is 1. The molecule has 0 fully saturated rings. The fourth-order valence-electron chi connectivity index (χ4n) is 4.40. The molecule has 1 aromatic heterocycles. The molecule has 0 saturated carbocycles. The summed E-state index contributed by atoms with van der Waals surface area (Å²) in [6.45, 7) is 2.71. The smallest absolute Gasteiger partial charge is 0.380 e. The molecule has 37 heavy (non-hydrogen) atoms. The Kier molecular flexibility index (Phi) is 8.02. The summed E-state index contributed by atoms with van der Waals surface area (Å²) in [5.74, 6) is -1.40. The van der Waals surface area contributed by atoms with Gasteiger partial charge in [0, 0.05) is 37.9 Å². The van der Waals surface area contributed by atoms with Crippen molar-refractivity contribution in [1.29, 1.82) is 0 Å². The first-order valence-electron chi connectivity index (χ1n) is 11.9. The van der Waals surface area contributed by atoms with E-state index in [4.69, 9.17) is 11.6 Å². The molecular weight excluding hydrogens is 505 g/mol. The summed E-state index contributed by atoms with van der Waals surface area (Å²) in [4.78, 5) is 31.4. The number of hydrogen-bond acceptors (Lipinski definition) is 4. The summed E-state index contributed by atoms with van der Waals surface area (Å²) in [5, 5.41) is 3.76. The molecule has 1 N–H and O–H groups in total. The Labute approximate surface area is 218 Å². The van der Waals surface area contributed by atoms with Crippen molar-refractivity contribution in [2.24, 2.45) is 0 Å². The molecule has 2 amide bonds. The van der Waals surface area contributed by atoms with Gasteiger partial charge >= 0.3 is 12.1 Å². The predicted molar refractivity (Wildman–Crippen MR) is 137 cm³/mol. The second kappa shape index (κ2) is 11.2. The molecule has 10 heteroatoms. The van der Waals surface area contributed by atoms with Gasteiger partial charge in [0.05, 0.1) is 10.7 Å². The van der Waals surface area contributed by atoms with Crippen LogP contribution < -0.4 is 10.2 Å². The monoisotopic (exact) mass is 530 g/mol. The summed E-state index contributed by atoms with van der Waals surface area (Å²) in [7, 11) is 0. The Morgan fingerprint density at radius 3 is 2.43 bits per heavy atom. The van der Waals surface area contributed by atoms with Gasteiger partial charge < -0.3 is 10.2 Å². The van der Waals surface area contributed by atoms with Gasteiger partial charge in [-0.2, -0.15) is 13.2 Å². The number of anilines is 2. The number of carbonyl (C=O) groups is 2. The van der Waals surface area contributed by atoms with Gasteiger partial charge in [-0.15, -0.1) is 0 Å². The number of halogens is 4. The minimum Gasteiger partial charge on any atom is -0.380 e. The van der Waals surface area contributed by atoms with Gasteiger partial charge in [-0.25, -0.2) is 4.98 Å². The van der Waals surface area contributed by atoms with Gasteiger partial charge in [0.2, 0.25) is 0 Å². The van der Waals surface area contributed by atoms with Crippen molar-refractivity contribution < 1.29 is 22.8 Å². The Morgan fingerprint density at radius 1 is 1.05 bits per heavy atom. The van der Waals surface area contributed by atoms with Crippen molar-refractivity contribution >= 4 is 34.9 Å². The molecule has 2 aromatic carbocycles. The molecule has 1 aliphatic heterocycles. The van der Waals surface area contributed by atoms with E-state index in [-0.39, 0.29) is 25.4 Å². The zero-order valence-corrected chi connectivity index (χ0v) is 20.9. The van der Waals surface area contributed by atoms with Crippen LogP contribution >= 0.6 is 11.6 Å². The second-order valence-electron chi connectivity index (χ2n) is 8.64. The average Bonchev–Trinajstić information content (AvgIpc) is 3.11. The van der Waals surface area contributed by atoms with Crippen LogP contribution in [-0.2, 0) is 24.2 Å². The van der Waals surface area contributed by atoms with Crippen LogP contribution in [0.15, 0.2) is 60.8 Å². The Bertz CT molecular complexity index is 1270. The van der Waals surface area contributed by atoms with E-state index in [1.165, 1.54) is 0 Å². The van der Waals surface area contributed by atoms with Gasteiger partial charge in [-0.1, -0.05) is 35.9 Å². The number of alkyl halides is 3. The van der Waals surface area contributed by atoms with Crippen LogP contribution in [-0.4, -0.2) is 47.5 Å². The minimum absolute atomic E-state index is 0.00478. The van der Waals surface area contributed by atoms with Crippen LogP contribution in [0.2, 0.25) is 5.02 Å². The van der Waals surface area contributed by atoms with Crippen LogP contribution in [0.1, 0.15) is 34.0 Å². The molecule has 0 bridgehead atoms. The van der Waals surface area contributed by atoms with Gasteiger partial charge in [-0.3, -0.25) is 14.5 Å². The predicted octanol–water partition coefficient (Wildman–Crippen LogP) is 5.50. The lowest BCUT2D eigenvalue weighted by atomic mass is 10.0. The van der Waals surface area contributed by atoms with Crippen molar-refractivity contribution in [2.45, 2.75) is 32.5 Å². The maximum Gasteiger partial charge on any atom is 0.471 e. The van der Waals surface area contributed by atoms with E-state index in [1.54, 1.807) is 47.5 Å². The third-order valence-electron chi connectivity index (χ3n) is 6.33. The first-order valence-corrected chi connectivity index (χ1v) is 12.3. The molecule has 3 aromatic rings. The fraction of sp³-hybridized carbons (Fsp3) is 0.296. The molecule has 0 radical (unpaired) electrons. The van der Waals surface area contributed by atoms with Crippen molar-refractivity contribution in [3.63, 3.8) is 0 Å². The molecule has 0 atom stereocenters. The highest BCUT2D eigenvalue weighted by molar-refractivity contribution is 6.33. The quantitative estimate of drug-likeness (QED) is 0.457. The number of fused-ring (bicyclic) bond motifs is 1. The molecule has 4 rings (SSSR count). The number of nitrogens with zero attached hydrogens (tertiary/aromatic N) is 3. The minimum atomic E-state index is -4.89. The number of nitrogens with one attached hydrogen (secondary N) is 1. The number of hydrogen-bond donors (Lipinski definition) is 1. The molecule has 1 aliphatic rings. The Hall–Kier alpha value is -3.59. The van der Waals surface area contributed by atoms with Gasteiger partial charge in [0.15, 0.2) is 0 Å². The topological polar surface area (TPSA) is 65.5 Å². The van der Waals surface area contributed by atoms with E-state index in [0.717, 1.165) is 21.6 Å². The Morgan fingerprint density at radius 2 is 1.78 bits per heavy atom. The maximum absolute atomic E-state index is 13.0. The molecule has 194 valence electrons. The third-order valence-corrected chi connectivity index (χ3v) is 6.64. The van der Waals surface area contributed by atoms with E-state index in [2.05, 4.69) is 10.3 Å². The largest absolute Gasteiger partial charge is 0.471 e. The summed E-state index contributed by atoms with van der Waals surface area (Å²) in [6.07, 6.45) is -2.69. The zero-order valence-electron chi connectivity index (χ0n) is 20.2. The van der Waals surface area contributed by atoms with Crippen LogP contribution in [0, 0.1) is 0 Å². The first kappa shape index (κ1) is 26.5. The molecule has 2 heterocycles. The highest BCUT2D eigenvalue weighted by Gasteiger charge is 2.42. The van der Waals surface area contributed by atoms with Crippen LogP contribution in [0.25, 0.3) is 0 Å². The lowest BCUT2D eigenvalue weighted by molar-refractivity contribution is -0.185. The average molecular weight is 531 g/mol. The van der Waals surface area contributed by atoms with Crippen molar-refractivity contribution in [3.8, 4) is 0 Å². The second-order valence-corrected chi connectivity index (χ2v) is 9.05. The highest BCUT2D eigenvalue weighted by Crippen LogP contribution is 2.33. The van der Waals surface area contributed by atoms with Gasteiger partial charge in [0.1, 0.15) is 5.82 Å². The van der Waals surface area contributed by atoms with Crippen LogP contribution in [0.4, 0.5) is 24.7 Å². The normalized spacial score (nSPS) is 13.5. The number of amides is 2. The SMILES string of the molecule is CCN(C(=O)c1ccc(CNc2c(Cl)ccc3c2CCN(C(=O)C(F)(F)F)CC3)cc1)c1ccccn1. The lowest BCUT2D eigenvalue weighted by Crippen LogP contribution is -2.42. The molecular formula is C27H26ClF3N4O2. The zero-order chi connectivity index (χ0) is 26.6. The molecule has 0 spiro atoms. The van der Waals surface area contributed by atoms with Crippen molar-refractivity contribution in [2.75, 3.05) is 29.9 Å². The van der Waals surface area contributed by atoms with Crippen molar-refractivity contribution in [3.05, 3.63) is 88.1 Å². The number of benzene rings is 2. The number of carbonyl (C=O) groups excluding carboxylic acids is 2. The van der Waals surface area contributed by atoms with Gasteiger partial charge in [0.25, 0.3) is 5.91 Å². The van der Waals surface area contributed by atoms with E-state index >= 15 is 0 Å². The Balaban J connectivity index is 1.45. The van der Waals surface area contributed by atoms with E-state index in [9.17, 15) is 22.8 Å². The maximum atomic E-state index is 13.0. The third kappa shape index (κ3) is 6.05. The van der Waals surface area contributed by atoms with Crippen molar-refractivity contribution in [1.82, 2.24) is 9.88 Å². The van der Waals surface area contributed by atoms with E-state index < -0.39 is 12.1 Å². The number of rotatable bonds is 6. The van der Waals surface area contributed by atoms with E-state index in [1.807, 2.05) is 25.1 Å². The lowest BCUT2D eigenvalue weighted by Gasteiger charge is -2.21. The van der Waals surface area contributed by atoms with Gasteiger partial charge in [-0.05, 0) is 66.8 Å². The van der Waals surface area contributed by atoms with E-state index in [0.29, 0.717) is 41.6 Å². The standard InChI is InChI=1S/C27H26ClF3N4O2/c1-2-35(23-5-3-4-14-32-23)25(36)20-8-6-18(7-9-20)17-33-24-21-13-16-34(26(37)27(29,30)31)15-12-19(21)10-11-22(24)28/h3-11,14,33H,2,12-13,15-17H2,1H3. The summed E-state index contributed by atoms with van der Waals surface area (Å²) in [6, 6.07) is 16.1. The van der Waals surface area contributed by atoms with Crippen LogP contribution in [0.5, 0.6) is 0 Å². The fourth-order valence-corrected chi connectivity index (χ4v) is 4.65. The summed E-state index contributed by atoms with van der Waals surface area (Å²) < 4.78 is 38.8. The summed E-state index contributed by atoms with van der Waals surface area (Å²) in [5.41, 5.74) is 3.74. The van der Waals surface area contributed by atoms with Crippen LogP contribution in [0.3, 0.4) is 0 Å². The first-order chi connectivity index (χ1) is 17.7. The molecule has 6 nitrogen and oxygen atoms in total. The molecule has 0 aliphatic carbocycles. The number of aromatic nitrogens is 1. The highest BCUT2D eigenvalue weighted by atomic mass is 35.5. The summed E-state index contributed by atoms with van der Waals surface area (Å²) >= 11 is 6.45.